The van der Waals surface area contributed by atoms with Gasteiger partial charge in [-0.3, -0.25) is 4.79 Å². The Morgan fingerprint density at radius 3 is 2.61 bits per heavy atom. The predicted molar refractivity (Wildman–Crippen MR) is 70.4 cm³/mol. The maximum absolute atomic E-state index is 11.9. The van der Waals surface area contributed by atoms with Crippen molar-refractivity contribution in [1.82, 2.24) is 4.90 Å². The molecule has 0 aliphatic carbocycles. The highest BCUT2D eigenvalue weighted by atomic mass is 79.9. The second kappa shape index (κ2) is 5.52. The summed E-state index contributed by atoms with van der Waals surface area (Å²) < 4.78 is 0. The van der Waals surface area contributed by atoms with Gasteiger partial charge in [0.15, 0.2) is 6.04 Å². The van der Waals surface area contributed by atoms with Crippen LogP contribution in [0.15, 0.2) is 30.3 Å². The Morgan fingerprint density at radius 2 is 2.11 bits per heavy atom. The number of halogens is 1. The maximum atomic E-state index is 11.9. The van der Waals surface area contributed by atoms with Gasteiger partial charge in [0.05, 0.1) is 0 Å². The Kier molecular flexibility index (Phi) is 4.01. The summed E-state index contributed by atoms with van der Waals surface area (Å²) >= 11 is 3.35. The molecule has 0 spiro atoms. The SMILES string of the molecule is O=C(O)[C@@H](c1ccccc1)N1CC(CBr)CC1=O. The number of aliphatic carboxylic acids is 1. The lowest BCUT2D eigenvalue weighted by Crippen LogP contribution is -2.35. The third kappa shape index (κ3) is 2.56. The summed E-state index contributed by atoms with van der Waals surface area (Å²) in [6.45, 7) is 0.496. The summed E-state index contributed by atoms with van der Waals surface area (Å²) in [7, 11) is 0. The molecule has 2 atom stereocenters. The van der Waals surface area contributed by atoms with E-state index < -0.39 is 12.0 Å². The first-order chi connectivity index (χ1) is 8.63. The Balaban J connectivity index is 2.27. The molecular weight excluding hydrogens is 298 g/mol. The topological polar surface area (TPSA) is 57.6 Å². The highest BCUT2D eigenvalue weighted by Gasteiger charge is 2.37. The summed E-state index contributed by atoms with van der Waals surface area (Å²) in [6.07, 6.45) is 0.419. The zero-order valence-corrected chi connectivity index (χ0v) is 11.3. The van der Waals surface area contributed by atoms with Gasteiger partial charge in [0.25, 0.3) is 0 Å². The van der Waals surface area contributed by atoms with Crippen LogP contribution in [0.25, 0.3) is 0 Å². The Morgan fingerprint density at radius 1 is 1.44 bits per heavy atom. The molecule has 1 unspecified atom stereocenters. The normalized spacial score (nSPS) is 21.1. The first kappa shape index (κ1) is 13.1. The molecule has 1 aliphatic heterocycles. The molecule has 0 radical (unpaired) electrons. The van der Waals surface area contributed by atoms with E-state index in [4.69, 9.17) is 0 Å². The first-order valence-corrected chi connectivity index (χ1v) is 6.88. The monoisotopic (exact) mass is 311 g/mol. The fourth-order valence-corrected chi connectivity index (χ4v) is 2.69. The molecule has 0 bridgehead atoms. The summed E-state index contributed by atoms with van der Waals surface area (Å²) in [5.74, 6) is -0.872. The van der Waals surface area contributed by atoms with Crippen LogP contribution in [-0.4, -0.2) is 33.8 Å². The zero-order chi connectivity index (χ0) is 13.1. The summed E-state index contributed by atoms with van der Waals surface area (Å²) in [5.41, 5.74) is 0.647. The van der Waals surface area contributed by atoms with Gasteiger partial charge < -0.3 is 10.0 Å². The van der Waals surface area contributed by atoms with Crippen LogP contribution >= 0.6 is 15.9 Å². The van der Waals surface area contributed by atoms with Crippen LogP contribution in [0, 0.1) is 5.92 Å². The highest BCUT2D eigenvalue weighted by molar-refractivity contribution is 9.09. The molecule has 1 aromatic carbocycles. The zero-order valence-electron chi connectivity index (χ0n) is 9.75. The van der Waals surface area contributed by atoms with Gasteiger partial charge in [0.1, 0.15) is 0 Å². The average Bonchev–Trinajstić information content (AvgIpc) is 2.72. The van der Waals surface area contributed by atoms with Crippen molar-refractivity contribution in [3.05, 3.63) is 35.9 Å². The van der Waals surface area contributed by atoms with Crippen LogP contribution in [-0.2, 0) is 9.59 Å². The van der Waals surface area contributed by atoms with E-state index in [2.05, 4.69) is 15.9 Å². The van der Waals surface area contributed by atoms with Crippen molar-refractivity contribution >= 4 is 27.8 Å². The van der Waals surface area contributed by atoms with Gasteiger partial charge in [-0.2, -0.15) is 0 Å². The van der Waals surface area contributed by atoms with Crippen LogP contribution in [0.4, 0.5) is 0 Å². The molecule has 1 amide bonds. The number of carboxylic acid groups (broad SMARTS) is 1. The van der Waals surface area contributed by atoms with Gasteiger partial charge >= 0.3 is 5.97 Å². The molecule has 1 aliphatic rings. The fourth-order valence-electron chi connectivity index (χ4n) is 2.25. The molecule has 0 aromatic heterocycles. The van der Waals surface area contributed by atoms with E-state index >= 15 is 0 Å². The van der Waals surface area contributed by atoms with Gasteiger partial charge in [-0.15, -0.1) is 0 Å². The number of nitrogens with zero attached hydrogens (tertiary/aromatic N) is 1. The number of carbonyl (C=O) groups excluding carboxylic acids is 1. The molecule has 1 heterocycles. The summed E-state index contributed by atoms with van der Waals surface area (Å²) in [6, 6.07) is 8.01. The average molecular weight is 312 g/mol. The van der Waals surface area contributed by atoms with Gasteiger partial charge in [0.2, 0.25) is 5.91 Å². The molecule has 96 valence electrons. The van der Waals surface area contributed by atoms with Crippen molar-refractivity contribution < 1.29 is 14.7 Å². The quantitative estimate of drug-likeness (QED) is 0.866. The van der Waals surface area contributed by atoms with Crippen molar-refractivity contribution in [1.29, 1.82) is 0 Å². The van der Waals surface area contributed by atoms with E-state index in [1.165, 1.54) is 4.90 Å². The summed E-state index contributed by atoms with van der Waals surface area (Å²) in [4.78, 5) is 24.8. The number of carbonyl (C=O) groups is 2. The van der Waals surface area contributed by atoms with Crippen LogP contribution in [0.1, 0.15) is 18.0 Å². The number of alkyl halides is 1. The molecule has 2 rings (SSSR count). The van der Waals surface area contributed by atoms with Crippen LogP contribution in [0.2, 0.25) is 0 Å². The van der Waals surface area contributed by atoms with Crippen LogP contribution in [0.3, 0.4) is 0 Å². The minimum Gasteiger partial charge on any atom is -0.479 e. The third-order valence-corrected chi connectivity index (χ3v) is 4.03. The Labute approximate surface area is 114 Å². The van der Waals surface area contributed by atoms with Crippen molar-refractivity contribution in [2.75, 3.05) is 11.9 Å². The van der Waals surface area contributed by atoms with Crippen molar-refractivity contribution in [2.45, 2.75) is 12.5 Å². The number of benzene rings is 1. The number of rotatable bonds is 4. The second-order valence-electron chi connectivity index (χ2n) is 4.42. The molecule has 18 heavy (non-hydrogen) atoms. The van der Waals surface area contributed by atoms with Gasteiger partial charge in [-0.25, -0.2) is 4.79 Å². The molecule has 0 saturated carbocycles. The standard InChI is InChI=1S/C13H14BrNO3/c14-7-9-6-11(16)15(8-9)12(13(17)18)10-4-2-1-3-5-10/h1-5,9,12H,6-8H2,(H,17,18)/t9?,12-/m1/s1. The van der Waals surface area contributed by atoms with Gasteiger partial charge in [-0.05, 0) is 11.5 Å². The van der Waals surface area contributed by atoms with Crippen LogP contribution in [0.5, 0.6) is 0 Å². The smallest absolute Gasteiger partial charge is 0.331 e. The maximum Gasteiger partial charge on any atom is 0.331 e. The predicted octanol–water partition coefficient (Wildman–Crippen LogP) is 2.06. The fraction of sp³-hybridized carbons (Fsp3) is 0.385. The molecule has 4 nitrogen and oxygen atoms in total. The van der Waals surface area contributed by atoms with Crippen molar-refractivity contribution in [2.24, 2.45) is 5.92 Å². The molecule has 1 aromatic rings. The largest absolute Gasteiger partial charge is 0.479 e. The van der Waals surface area contributed by atoms with E-state index in [9.17, 15) is 14.7 Å². The number of hydrogen-bond acceptors (Lipinski definition) is 2. The van der Waals surface area contributed by atoms with E-state index in [1.807, 2.05) is 6.07 Å². The summed E-state index contributed by atoms with van der Waals surface area (Å²) in [5, 5.41) is 10.1. The molecular formula is C13H14BrNO3. The molecule has 5 heteroatoms. The number of amides is 1. The Hall–Kier alpha value is -1.36. The van der Waals surface area contributed by atoms with E-state index in [0.29, 0.717) is 18.5 Å². The number of likely N-dealkylation sites (tertiary alicyclic amines) is 1. The highest BCUT2D eigenvalue weighted by Crippen LogP contribution is 2.29. The number of hydrogen-bond donors (Lipinski definition) is 1. The first-order valence-electron chi connectivity index (χ1n) is 5.76. The van der Waals surface area contributed by atoms with E-state index in [-0.39, 0.29) is 11.8 Å². The molecule has 1 N–H and O–H groups in total. The van der Waals surface area contributed by atoms with E-state index in [0.717, 1.165) is 5.33 Å². The molecule has 1 saturated heterocycles. The second-order valence-corrected chi connectivity index (χ2v) is 5.07. The van der Waals surface area contributed by atoms with Crippen molar-refractivity contribution in [3.63, 3.8) is 0 Å². The van der Waals surface area contributed by atoms with E-state index in [1.54, 1.807) is 24.3 Å². The lowest BCUT2D eigenvalue weighted by molar-refractivity contribution is -0.148. The lowest BCUT2D eigenvalue weighted by atomic mass is 10.1. The minimum absolute atomic E-state index is 0.0873. The van der Waals surface area contributed by atoms with Gasteiger partial charge in [-0.1, -0.05) is 46.3 Å². The lowest BCUT2D eigenvalue weighted by Gasteiger charge is -2.24. The van der Waals surface area contributed by atoms with Gasteiger partial charge in [0, 0.05) is 18.3 Å². The third-order valence-electron chi connectivity index (χ3n) is 3.12. The number of carboxylic acids is 1. The van der Waals surface area contributed by atoms with Crippen molar-refractivity contribution in [3.8, 4) is 0 Å². The Bertz CT molecular complexity index is 449. The molecule has 1 fully saturated rings. The minimum atomic E-state index is -0.982. The van der Waals surface area contributed by atoms with Crippen LogP contribution < -0.4 is 0 Å².